The van der Waals surface area contributed by atoms with E-state index in [1.165, 1.54) is 21.3 Å². The van der Waals surface area contributed by atoms with Gasteiger partial charge in [0.2, 0.25) is 11.6 Å². The van der Waals surface area contributed by atoms with E-state index in [0.717, 1.165) is 16.5 Å². The molecule has 0 bridgehead atoms. The van der Waals surface area contributed by atoms with Gasteiger partial charge in [0.1, 0.15) is 11.5 Å². The molecule has 32 heavy (non-hydrogen) atoms. The second kappa shape index (κ2) is 8.58. The number of ether oxygens (including phenoxy) is 4. The second-order valence-electron chi connectivity index (χ2n) is 7.14. The first-order chi connectivity index (χ1) is 15.5. The normalized spacial score (nSPS) is 14.3. The molecular weight excluding hydrogens is 410 g/mol. The number of amidine groups is 1. The van der Waals surface area contributed by atoms with Crippen LogP contribution < -0.4 is 24.3 Å². The second-order valence-corrected chi connectivity index (χ2v) is 7.14. The maximum atomic E-state index is 12.7. The Balaban J connectivity index is 1.78. The van der Waals surface area contributed by atoms with Crippen LogP contribution >= 0.6 is 0 Å². The number of hydrogen-bond acceptors (Lipinski definition) is 7. The molecule has 1 aromatic heterocycles. The molecule has 0 spiro atoms. The number of aryl methyl sites for hydroxylation is 1. The summed E-state index contributed by atoms with van der Waals surface area (Å²) in [7, 11) is 6.14. The topological polar surface area (TPSA) is 91.3 Å². The highest BCUT2D eigenvalue weighted by Gasteiger charge is 2.24. The van der Waals surface area contributed by atoms with Crippen molar-refractivity contribution in [3.8, 4) is 23.1 Å². The van der Waals surface area contributed by atoms with Crippen molar-refractivity contribution in [3.05, 3.63) is 58.8 Å². The third-order valence-corrected chi connectivity index (χ3v) is 5.08. The largest absolute Gasteiger partial charge is 0.493 e. The van der Waals surface area contributed by atoms with Gasteiger partial charge in [-0.25, -0.2) is 9.98 Å². The number of amides is 1. The molecule has 2 aromatic carbocycles. The van der Waals surface area contributed by atoms with Gasteiger partial charge in [-0.1, -0.05) is 11.6 Å². The van der Waals surface area contributed by atoms with Gasteiger partial charge < -0.3 is 24.3 Å². The molecule has 164 valence electrons. The predicted molar refractivity (Wildman–Crippen MR) is 122 cm³/mol. The number of aliphatic imine (C=N–C) groups is 1. The lowest BCUT2D eigenvalue weighted by Crippen LogP contribution is -2.24. The molecule has 0 atom stereocenters. The van der Waals surface area contributed by atoms with Crippen molar-refractivity contribution in [2.45, 2.75) is 6.92 Å². The molecule has 0 saturated heterocycles. The third kappa shape index (κ3) is 3.82. The first-order valence-electron chi connectivity index (χ1n) is 9.85. The zero-order valence-corrected chi connectivity index (χ0v) is 18.5. The van der Waals surface area contributed by atoms with Gasteiger partial charge in [-0.05, 0) is 43.3 Å². The summed E-state index contributed by atoms with van der Waals surface area (Å²) in [6.45, 7) is 2.01. The monoisotopic (exact) mass is 433 g/mol. The molecule has 1 amide bonds. The molecule has 4 rings (SSSR count). The van der Waals surface area contributed by atoms with Gasteiger partial charge in [0.25, 0.3) is 5.91 Å². The number of rotatable bonds is 6. The van der Waals surface area contributed by atoms with Crippen molar-refractivity contribution in [1.82, 2.24) is 10.3 Å². The quantitative estimate of drug-likeness (QED) is 0.599. The van der Waals surface area contributed by atoms with Crippen LogP contribution in [0.3, 0.4) is 0 Å². The summed E-state index contributed by atoms with van der Waals surface area (Å²) < 4.78 is 21.6. The van der Waals surface area contributed by atoms with Gasteiger partial charge in [-0.3, -0.25) is 4.79 Å². The van der Waals surface area contributed by atoms with E-state index in [4.69, 9.17) is 18.9 Å². The fraction of sp³-hybridized carbons (Fsp3) is 0.208. The number of hydrogen-bond donors (Lipinski definition) is 1. The highest BCUT2D eigenvalue weighted by Crippen LogP contribution is 2.38. The lowest BCUT2D eigenvalue weighted by molar-refractivity contribution is -0.115. The van der Waals surface area contributed by atoms with E-state index in [2.05, 4.69) is 15.3 Å². The number of carbonyl (C=O) groups excluding carboxylic acids is 1. The number of nitrogens with one attached hydrogen (secondary N) is 1. The lowest BCUT2D eigenvalue weighted by atomic mass is 10.1. The first-order valence-corrected chi connectivity index (χ1v) is 9.85. The van der Waals surface area contributed by atoms with Crippen molar-refractivity contribution in [2.75, 3.05) is 28.4 Å². The zero-order valence-electron chi connectivity index (χ0n) is 18.5. The van der Waals surface area contributed by atoms with Crippen LogP contribution in [-0.4, -0.2) is 45.2 Å². The molecule has 1 N–H and O–H groups in total. The molecule has 8 heteroatoms. The minimum atomic E-state index is -0.333. The predicted octanol–water partition coefficient (Wildman–Crippen LogP) is 3.50. The Hall–Kier alpha value is -4.07. The van der Waals surface area contributed by atoms with Crippen LogP contribution in [0.25, 0.3) is 17.0 Å². The lowest BCUT2D eigenvalue weighted by Gasteiger charge is -2.13. The van der Waals surface area contributed by atoms with Gasteiger partial charge in [0.05, 0.1) is 34.0 Å². The zero-order chi connectivity index (χ0) is 22.8. The van der Waals surface area contributed by atoms with Crippen LogP contribution in [0, 0.1) is 6.92 Å². The van der Waals surface area contributed by atoms with Gasteiger partial charge in [-0.2, -0.15) is 0 Å². The summed E-state index contributed by atoms with van der Waals surface area (Å²) in [5.74, 6) is 1.85. The summed E-state index contributed by atoms with van der Waals surface area (Å²) in [5.41, 5.74) is 3.44. The van der Waals surface area contributed by atoms with Crippen molar-refractivity contribution in [3.63, 3.8) is 0 Å². The third-order valence-electron chi connectivity index (χ3n) is 5.08. The Morgan fingerprint density at radius 1 is 0.906 bits per heavy atom. The number of aromatic nitrogens is 1. The molecule has 0 unspecified atom stereocenters. The van der Waals surface area contributed by atoms with E-state index < -0.39 is 0 Å². The Kier molecular flexibility index (Phi) is 5.68. The van der Waals surface area contributed by atoms with Crippen LogP contribution in [0.2, 0.25) is 0 Å². The van der Waals surface area contributed by atoms with Crippen LogP contribution in [-0.2, 0) is 4.79 Å². The molecular formula is C24H23N3O5. The fourth-order valence-electron chi connectivity index (χ4n) is 3.53. The number of methoxy groups -OCH3 is 4. The molecule has 0 saturated carbocycles. The van der Waals surface area contributed by atoms with Crippen molar-refractivity contribution in [2.24, 2.45) is 4.99 Å². The van der Waals surface area contributed by atoms with E-state index >= 15 is 0 Å². The minimum absolute atomic E-state index is 0.237. The molecule has 0 fully saturated rings. The number of fused-ring (bicyclic) bond motifs is 1. The average Bonchev–Trinajstić information content (AvgIpc) is 3.17. The standard InChI is InChI=1S/C24H23N3O5/c1-13-6-7-17-14(8-13)9-16(24(26-17)32-5)10-18-23(28)27-22(25-18)15-11-19(29-2)21(31-4)20(12-15)30-3/h6-12H,1-5H3,(H,25,27,28)/b18-10-. The van der Waals surface area contributed by atoms with Crippen LogP contribution in [0.4, 0.5) is 0 Å². The average molecular weight is 433 g/mol. The Bertz CT molecular complexity index is 1260. The van der Waals surface area contributed by atoms with E-state index in [1.807, 2.05) is 31.2 Å². The summed E-state index contributed by atoms with van der Waals surface area (Å²) in [6.07, 6.45) is 1.66. The highest BCUT2D eigenvalue weighted by molar-refractivity contribution is 6.20. The molecule has 3 aromatic rings. The van der Waals surface area contributed by atoms with Gasteiger partial charge in [0, 0.05) is 16.5 Å². The summed E-state index contributed by atoms with van der Waals surface area (Å²) in [6, 6.07) is 11.3. The Morgan fingerprint density at radius 3 is 2.25 bits per heavy atom. The maximum absolute atomic E-state index is 12.7. The van der Waals surface area contributed by atoms with Crippen LogP contribution in [0.15, 0.2) is 47.1 Å². The summed E-state index contributed by atoms with van der Waals surface area (Å²) in [5, 5.41) is 3.74. The Morgan fingerprint density at radius 2 is 1.62 bits per heavy atom. The van der Waals surface area contributed by atoms with Crippen molar-refractivity contribution in [1.29, 1.82) is 0 Å². The molecule has 0 radical (unpaired) electrons. The molecule has 1 aliphatic rings. The van der Waals surface area contributed by atoms with E-state index in [1.54, 1.807) is 25.3 Å². The first kappa shape index (κ1) is 21.2. The maximum Gasteiger partial charge on any atom is 0.275 e. The van der Waals surface area contributed by atoms with Crippen molar-refractivity contribution >= 4 is 28.7 Å². The molecule has 2 heterocycles. The number of benzene rings is 2. The van der Waals surface area contributed by atoms with Crippen LogP contribution in [0.5, 0.6) is 23.1 Å². The fourth-order valence-corrected chi connectivity index (χ4v) is 3.53. The van der Waals surface area contributed by atoms with E-state index in [9.17, 15) is 4.79 Å². The van der Waals surface area contributed by atoms with Gasteiger partial charge >= 0.3 is 0 Å². The SMILES string of the molecule is COc1cc(C2=N/C(=C\c3cc4cc(C)ccc4nc3OC)C(=O)N2)cc(OC)c1OC. The van der Waals surface area contributed by atoms with Crippen molar-refractivity contribution < 1.29 is 23.7 Å². The van der Waals surface area contributed by atoms with Gasteiger partial charge in [0.15, 0.2) is 11.5 Å². The number of carbonyl (C=O) groups is 1. The summed E-state index contributed by atoms with van der Waals surface area (Å²) >= 11 is 0. The minimum Gasteiger partial charge on any atom is -0.493 e. The molecule has 8 nitrogen and oxygen atoms in total. The molecule has 0 aliphatic carbocycles. The smallest absolute Gasteiger partial charge is 0.275 e. The highest BCUT2D eigenvalue weighted by atomic mass is 16.5. The van der Waals surface area contributed by atoms with Gasteiger partial charge in [-0.15, -0.1) is 0 Å². The number of nitrogens with zero attached hydrogens (tertiary/aromatic N) is 2. The summed E-state index contributed by atoms with van der Waals surface area (Å²) in [4.78, 5) is 21.7. The Labute approximate surface area is 185 Å². The van der Waals surface area contributed by atoms with E-state index in [-0.39, 0.29) is 11.6 Å². The van der Waals surface area contributed by atoms with Crippen LogP contribution in [0.1, 0.15) is 16.7 Å². The molecule has 1 aliphatic heterocycles. The van der Waals surface area contributed by atoms with E-state index in [0.29, 0.717) is 40.1 Å². The number of pyridine rings is 1.